The molecule has 94 valence electrons. The van der Waals surface area contributed by atoms with Crippen molar-refractivity contribution in [2.45, 2.75) is 6.92 Å². The van der Waals surface area contributed by atoms with E-state index >= 15 is 0 Å². The van der Waals surface area contributed by atoms with E-state index in [0.29, 0.717) is 11.5 Å². The molecular weight excluding hydrogens is 235 g/mol. The van der Waals surface area contributed by atoms with Gasteiger partial charge in [0.1, 0.15) is 11.5 Å². The van der Waals surface area contributed by atoms with E-state index in [9.17, 15) is 4.39 Å². The lowest BCUT2D eigenvalue weighted by Crippen LogP contribution is -1.96. The van der Waals surface area contributed by atoms with Crippen molar-refractivity contribution in [3.05, 3.63) is 42.0 Å². The monoisotopic (exact) mass is 248 g/mol. The minimum Gasteiger partial charge on any atom is -0.494 e. The van der Waals surface area contributed by atoms with Crippen molar-refractivity contribution < 1.29 is 13.9 Å². The van der Waals surface area contributed by atoms with Gasteiger partial charge >= 0.3 is 0 Å². The van der Waals surface area contributed by atoms with Gasteiger partial charge in [0.05, 0.1) is 19.0 Å². The van der Waals surface area contributed by atoms with E-state index in [-0.39, 0.29) is 11.4 Å². The summed E-state index contributed by atoms with van der Waals surface area (Å²) in [4.78, 5) is 4.06. The van der Waals surface area contributed by atoms with Crippen LogP contribution in [0.4, 0.5) is 10.1 Å². The minimum atomic E-state index is -0.547. The van der Waals surface area contributed by atoms with Crippen LogP contribution >= 0.6 is 0 Å². The molecule has 5 heteroatoms. The van der Waals surface area contributed by atoms with Gasteiger partial charge in [0.2, 0.25) is 0 Å². The number of pyridine rings is 1. The fraction of sp³-hybridized carbons (Fsp3) is 0.154. The molecule has 0 amide bonds. The Labute approximate surface area is 104 Å². The van der Waals surface area contributed by atoms with E-state index in [0.717, 1.165) is 11.8 Å². The zero-order valence-corrected chi connectivity index (χ0v) is 10.1. The molecule has 0 bridgehead atoms. The predicted octanol–water partition coefficient (Wildman–Crippen LogP) is 2.91. The third kappa shape index (κ3) is 2.51. The number of nitrogen functional groups attached to an aromatic ring is 1. The molecule has 2 aromatic rings. The Morgan fingerprint density at radius 2 is 2.00 bits per heavy atom. The Bertz CT molecular complexity index is 556. The Morgan fingerprint density at radius 3 is 2.61 bits per heavy atom. The highest BCUT2D eigenvalue weighted by Gasteiger charge is 2.10. The molecule has 1 aromatic heterocycles. The van der Waals surface area contributed by atoms with Crippen LogP contribution in [-0.2, 0) is 0 Å². The fourth-order valence-electron chi connectivity index (χ4n) is 1.45. The summed E-state index contributed by atoms with van der Waals surface area (Å²) < 4.78 is 24.0. The van der Waals surface area contributed by atoms with Crippen LogP contribution in [0.15, 0.2) is 30.5 Å². The number of rotatable bonds is 3. The number of benzene rings is 1. The third-order valence-corrected chi connectivity index (χ3v) is 2.40. The quantitative estimate of drug-likeness (QED) is 0.848. The van der Waals surface area contributed by atoms with Gasteiger partial charge in [0, 0.05) is 17.8 Å². The van der Waals surface area contributed by atoms with E-state index in [1.807, 2.05) is 6.92 Å². The molecule has 0 radical (unpaired) electrons. The van der Waals surface area contributed by atoms with Crippen LogP contribution in [-0.4, -0.2) is 12.1 Å². The molecular formula is C13H13FN2O2. The number of halogens is 1. The van der Waals surface area contributed by atoms with Gasteiger partial charge in [-0.15, -0.1) is 0 Å². The lowest BCUT2D eigenvalue weighted by Gasteiger charge is -2.10. The number of nitrogens with zero attached hydrogens (tertiary/aromatic N) is 1. The second-order valence-electron chi connectivity index (χ2n) is 3.76. The van der Waals surface area contributed by atoms with Crippen LogP contribution in [0.3, 0.4) is 0 Å². The molecule has 0 spiro atoms. The summed E-state index contributed by atoms with van der Waals surface area (Å²) in [5.41, 5.74) is 6.67. The Balaban J connectivity index is 2.31. The fourth-order valence-corrected chi connectivity index (χ4v) is 1.45. The van der Waals surface area contributed by atoms with Crippen molar-refractivity contribution in [2.75, 3.05) is 12.8 Å². The number of anilines is 1. The van der Waals surface area contributed by atoms with Crippen molar-refractivity contribution in [1.29, 1.82) is 0 Å². The summed E-state index contributed by atoms with van der Waals surface area (Å²) in [6.45, 7) is 1.86. The molecule has 0 saturated heterocycles. The molecule has 0 aliphatic rings. The topological polar surface area (TPSA) is 57.4 Å². The molecule has 18 heavy (non-hydrogen) atoms. The molecule has 0 atom stereocenters. The molecule has 0 saturated carbocycles. The zero-order valence-electron chi connectivity index (χ0n) is 10.1. The summed E-state index contributed by atoms with van der Waals surface area (Å²) >= 11 is 0. The largest absolute Gasteiger partial charge is 0.494 e. The van der Waals surface area contributed by atoms with Crippen molar-refractivity contribution >= 4 is 5.69 Å². The minimum absolute atomic E-state index is 0.0479. The molecule has 0 fully saturated rings. The number of aryl methyl sites for hydroxylation is 1. The van der Waals surface area contributed by atoms with Crippen molar-refractivity contribution in [3.63, 3.8) is 0 Å². The Kier molecular flexibility index (Phi) is 3.32. The highest BCUT2D eigenvalue weighted by Crippen LogP contribution is 2.32. The van der Waals surface area contributed by atoms with Gasteiger partial charge in [-0.2, -0.15) is 0 Å². The molecule has 4 nitrogen and oxygen atoms in total. The van der Waals surface area contributed by atoms with Crippen LogP contribution in [0.1, 0.15) is 5.69 Å². The van der Waals surface area contributed by atoms with Crippen LogP contribution in [0, 0.1) is 12.7 Å². The van der Waals surface area contributed by atoms with Gasteiger partial charge in [-0.1, -0.05) is 0 Å². The number of methoxy groups -OCH3 is 1. The van der Waals surface area contributed by atoms with E-state index in [2.05, 4.69) is 4.98 Å². The second-order valence-corrected chi connectivity index (χ2v) is 3.76. The Hall–Kier alpha value is -2.30. The molecule has 1 heterocycles. The summed E-state index contributed by atoms with van der Waals surface area (Å²) in [6, 6.07) is 6.06. The van der Waals surface area contributed by atoms with Gasteiger partial charge in [0.15, 0.2) is 11.6 Å². The second kappa shape index (κ2) is 4.91. The first-order valence-corrected chi connectivity index (χ1v) is 5.33. The standard InChI is InChI=1S/C13H13FN2O2/c1-8-3-4-9(7-16-8)18-12-6-13(17-2)11(15)5-10(12)14/h3-7H,15H2,1-2H3. The van der Waals surface area contributed by atoms with Crippen LogP contribution in [0.2, 0.25) is 0 Å². The number of ether oxygens (including phenoxy) is 2. The lowest BCUT2D eigenvalue weighted by atomic mass is 10.2. The van der Waals surface area contributed by atoms with E-state index in [4.69, 9.17) is 15.2 Å². The first kappa shape index (κ1) is 12.2. The van der Waals surface area contributed by atoms with Crippen molar-refractivity contribution in [1.82, 2.24) is 4.98 Å². The molecule has 0 unspecified atom stereocenters. The maximum atomic E-state index is 13.7. The van der Waals surface area contributed by atoms with Gasteiger partial charge in [-0.25, -0.2) is 4.39 Å². The van der Waals surface area contributed by atoms with Crippen LogP contribution < -0.4 is 15.2 Å². The first-order chi connectivity index (χ1) is 8.60. The normalized spacial score (nSPS) is 10.2. The maximum Gasteiger partial charge on any atom is 0.168 e. The average Bonchev–Trinajstić information content (AvgIpc) is 2.35. The summed E-state index contributed by atoms with van der Waals surface area (Å²) in [5, 5.41) is 0. The van der Waals surface area contributed by atoms with E-state index in [1.54, 1.807) is 12.1 Å². The average molecular weight is 248 g/mol. The SMILES string of the molecule is COc1cc(Oc2ccc(C)nc2)c(F)cc1N. The molecule has 2 N–H and O–H groups in total. The van der Waals surface area contributed by atoms with Gasteiger partial charge in [-0.05, 0) is 19.1 Å². The Morgan fingerprint density at radius 1 is 1.22 bits per heavy atom. The van der Waals surface area contributed by atoms with Crippen molar-refractivity contribution in [3.8, 4) is 17.2 Å². The first-order valence-electron chi connectivity index (χ1n) is 5.33. The summed E-state index contributed by atoms with van der Waals surface area (Å²) in [6.07, 6.45) is 1.53. The van der Waals surface area contributed by atoms with Crippen LogP contribution in [0.25, 0.3) is 0 Å². The summed E-state index contributed by atoms with van der Waals surface area (Å²) in [5.74, 6) is 0.318. The maximum absolute atomic E-state index is 13.7. The smallest absolute Gasteiger partial charge is 0.168 e. The predicted molar refractivity (Wildman–Crippen MR) is 66.4 cm³/mol. The van der Waals surface area contributed by atoms with Gasteiger partial charge in [0.25, 0.3) is 0 Å². The van der Waals surface area contributed by atoms with Gasteiger partial charge < -0.3 is 15.2 Å². The van der Waals surface area contributed by atoms with Crippen molar-refractivity contribution in [2.24, 2.45) is 0 Å². The number of hydrogen-bond donors (Lipinski definition) is 1. The van der Waals surface area contributed by atoms with Crippen LogP contribution in [0.5, 0.6) is 17.2 Å². The van der Waals surface area contributed by atoms with E-state index in [1.165, 1.54) is 19.4 Å². The highest BCUT2D eigenvalue weighted by molar-refractivity contribution is 5.56. The van der Waals surface area contributed by atoms with E-state index < -0.39 is 5.82 Å². The molecule has 1 aromatic carbocycles. The molecule has 0 aliphatic carbocycles. The zero-order chi connectivity index (χ0) is 13.1. The lowest BCUT2D eigenvalue weighted by molar-refractivity contribution is 0.402. The molecule has 0 aliphatic heterocycles. The number of nitrogens with two attached hydrogens (primary N) is 1. The van der Waals surface area contributed by atoms with Gasteiger partial charge in [-0.3, -0.25) is 4.98 Å². The third-order valence-electron chi connectivity index (χ3n) is 2.40. The number of hydrogen-bond acceptors (Lipinski definition) is 4. The molecule has 2 rings (SSSR count). The number of aromatic nitrogens is 1. The highest BCUT2D eigenvalue weighted by atomic mass is 19.1. The summed E-state index contributed by atoms with van der Waals surface area (Å²) in [7, 11) is 1.46.